The molecule has 2 fully saturated rings. The van der Waals surface area contributed by atoms with Gasteiger partial charge in [0.15, 0.2) is 17.7 Å². The fourth-order valence-corrected chi connectivity index (χ4v) is 7.60. The van der Waals surface area contributed by atoms with E-state index in [1.165, 1.54) is 11.6 Å². The zero-order chi connectivity index (χ0) is 23.5. The second kappa shape index (κ2) is 7.99. The zero-order valence-corrected chi connectivity index (χ0v) is 19.4. The molecule has 5 rings (SSSR count). The first-order valence-electron chi connectivity index (χ1n) is 12.3. The van der Waals surface area contributed by atoms with Crippen LogP contribution in [-0.4, -0.2) is 40.2 Å². The maximum Gasteiger partial charge on any atom is 0.190 e. The largest absolute Gasteiger partial charge is 0.389 e. The minimum atomic E-state index is -1.48. The molecule has 4 aliphatic rings. The fraction of sp³-hybridized carbons (Fsp3) is 0.571. The van der Waals surface area contributed by atoms with Crippen LogP contribution in [0.15, 0.2) is 47.1 Å². The van der Waals surface area contributed by atoms with E-state index in [1.54, 1.807) is 12.1 Å². The SMILES string of the molecule is CC[C@]1(O)CC[C@H]2[C@@H]3CCC4=CC(=O)C(F)CC4=C3[C@@H](c3ccc(C(=O)CO)cc3)C[C@@]21C. The van der Waals surface area contributed by atoms with Crippen LogP contribution >= 0.6 is 0 Å². The van der Waals surface area contributed by atoms with Gasteiger partial charge in [-0.25, -0.2) is 4.39 Å². The average molecular weight is 453 g/mol. The van der Waals surface area contributed by atoms with Gasteiger partial charge in [0, 0.05) is 23.3 Å². The Labute approximate surface area is 194 Å². The second-order valence-electron chi connectivity index (χ2n) is 10.7. The van der Waals surface area contributed by atoms with Crippen molar-refractivity contribution in [2.45, 2.75) is 76.5 Å². The smallest absolute Gasteiger partial charge is 0.190 e. The van der Waals surface area contributed by atoms with Gasteiger partial charge in [-0.1, -0.05) is 43.7 Å². The molecule has 2 N–H and O–H groups in total. The van der Waals surface area contributed by atoms with Crippen LogP contribution in [-0.2, 0) is 4.79 Å². The molecular weight excluding hydrogens is 419 g/mol. The number of hydrogen-bond donors (Lipinski definition) is 2. The van der Waals surface area contributed by atoms with Gasteiger partial charge in [-0.2, -0.15) is 0 Å². The number of rotatable bonds is 4. The van der Waals surface area contributed by atoms with E-state index in [-0.39, 0.29) is 29.5 Å². The summed E-state index contributed by atoms with van der Waals surface area (Å²) in [6, 6.07) is 7.40. The van der Waals surface area contributed by atoms with Gasteiger partial charge < -0.3 is 10.2 Å². The number of carbonyl (C=O) groups is 2. The minimum Gasteiger partial charge on any atom is -0.389 e. The summed E-state index contributed by atoms with van der Waals surface area (Å²) in [5.74, 6) is -0.126. The Morgan fingerprint density at radius 3 is 2.61 bits per heavy atom. The lowest BCUT2D eigenvalue weighted by atomic mass is 9.51. The highest BCUT2D eigenvalue weighted by Gasteiger charge is 2.62. The van der Waals surface area contributed by atoms with Gasteiger partial charge in [-0.15, -0.1) is 0 Å². The van der Waals surface area contributed by atoms with Crippen molar-refractivity contribution in [3.8, 4) is 0 Å². The molecule has 176 valence electrons. The summed E-state index contributed by atoms with van der Waals surface area (Å²) >= 11 is 0. The van der Waals surface area contributed by atoms with E-state index in [1.807, 2.05) is 12.1 Å². The van der Waals surface area contributed by atoms with Gasteiger partial charge in [-0.05, 0) is 73.1 Å². The van der Waals surface area contributed by atoms with Crippen molar-refractivity contribution in [1.29, 1.82) is 0 Å². The van der Waals surface area contributed by atoms with E-state index < -0.39 is 24.2 Å². The molecule has 0 heterocycles. The Kier molecular flexibility index (Phi) is 5.49. The molecule has 1 aromatic carbocycles. The lowest BCUT2D eigenvalue weighted by Crippen LogP contribution is -2.51. The molecule has 1 aromatic rings. The highest BCUT2D eigenvalue weighted by Crippen LogP contribution is 2.67. The van der Waals surface area contributed by atoms with E-state index in [4.69, 9.17) is 0 Å². The summed E-state index contributed by atoms with van der Waals surface area (Å²) in [5.41, 5.74) is 3.82. The Morgan fingerprint density at radius 1 is 1.21 bits per heavy atom. The maximum absolute atomic E-state index is 14.6. The van der Waals surface area contributed by atoms with Gasteiger partial charge in [0.1, 0.15) is 6.61 Å². The van der Waals surface area contributed by atoms with Crippen molar-refractivity contribution >= 4 is 11.6 Å². The molecule has 5 heteroatoms. The number of alkyl halides is 1. The summed E-state index contributed by atoms with van der Waals surface area (Å²) in [5, 5.41) is 20.9. The van der Waals surface area contributed by atoms with Crippen molar-refractivity contribution < 1.29 is 24.2 Å². The molecule has 4 aliphatic carbocycles. The van der Waals surface area contributed by atoms with E-state index >= 15 is 0 Å². The van der Waals surface area contributed by atoms with E-state index in [0.717, 1.165) is 48.8 Å². The van der Waals surface area contributed by atoms with Gasteiger partial charge in [0.2, 0.25) is 0 Å². The van der Waals surface area contributed by atoms with Crippen LogP contribution in [0.1, 0.15) is 80.6 Å². The third-order valence-electron chi connectivity index (χ3n) is 9.47. The number of aliphatic hydroxyl groups is 2. The van der Waals surface area contributed by atoms with Crippen LogP contribution in [0, 0.1) is 17.3 Å². The predicted octanol–water partition coefficient (Wildman–Crippen LogP) is 4.85. The van der Waals surface area contributed by atoms with Crippen LogP contribution < -0.4 is 0 Å². The number of carbonyl (C=O) groups excluding carboxylic acids is 2. The van der Waals surface area contributed by atoms with E-state index in [9.17, 15) is 24.2 Å². The highest BCUT2D eigenvalue weighted by molar-refractivity contribution is 5.97. The highest BCUT2D eigenvalue weighted by atomic mass is 19.1. The Balaban J connectivity index is 1.66. The first kappa shape index (κ1) is 22.7. The summed E-state index contributed by atoms with van der Waals surface area (Å²) in [6.07, 6.45) is 5.13. The fourth-order valence-electron chi connectivity index (χ4n) is 7.60. The van der Waals surface area contributed by atoms with Gasteiger partial charge >= 0.3 is 0 Å². The number of ketones is 2. The summed E-state index contributed by atoms with van der Waals surface area (Å²) < 4.78 is 14.6. The van der Waals surface area contributed by atoms with Gasteiger partial charge in [-0.3, -0.25) is 9.59 Å². The third kappa shape index (κ3) is 3.30. The number of halogens is 1. The molecule has 2 saturated carbocycles. The molecule has 0 spiro atoms. The molecule has 0 radical (unpaired) electrons. The molecule has 0 saturated heterocycles. The van der Waals surface area contributed by atoms with Crippen molar-refractivity contribution in [2.24, 2.45) is 17.3 Å². The number of benzene rings is 1. The normalized spacial score (nSPS) is 37.8. The molecule has 6 atom stereocenters. The number of fused-ring (bicyclic) bond motifs is 4. The monoisotopic (exact) mass is 452 g/mol. The maximum atomic E-state index is 14.6. The standard InChI is InChI=1S/C28H33FO4/c1-3-28(33)11-10-22-19-9-8-18-12-24(31)23(29)13-20(18)26(19)21(14-27(22,28)2)16-4-6-17(7-5-16)25(32)15-30/h4-7,12,19,21-23,30,33H,3,8-11,13-15H2,1-2H3/t19-,21+,22-,23?,27-,28-/m0/s1. The summed E-state index contributed by atoms with van der Waals surface area (Å²) in [6.45, 7) is 3.78. The van der Waals surface area contributed by atoms with Gasteiger partial charge in [0.25, 0.3) is 0 Å². The van der Waals surface area contributed by atoms with E-state index in [2.05, 4.69) is 13.8 Å². The number of Topliss-reactive ketones (excluding diaryl/α,β-unsaturated/α-hetero) is 1. The number of hydrogen-bond acceptors (Lipinski definition) is 4. The molecule has 4 nitrogen and oxygen atoms in total. The topological polar surface area (TPSA) is 74.6 Å². The van der Waals surface area contributed by atoms with Crippen LogP contribution in [0.25, 0.3) is 0 Å². The molecule has 0 aromatic heterocycles. The minimum absolute atomic E-state index is 0.00445. The van der Waals surface area contributed by atoms with Crippen LogP contribution in [0.3, 0.4) is 0 Å². The van der Waals surface area contributed by atoms with Crippen molar-refractivity contribution in [1.82, 2.24) is 0 Å². The Bertz CT molecular complexity index is 1050. The molecule has 1 unspecified atom stereocenters. The first-order chi connectivity index (χ1) is 15.7. The van der Waals surface area contributed by atoms with Crippen LogP contribution in [0.2, 0.25) is 0 Å². The van der Waals surface area contributed by atoms with Gasteiger partial charge in [0.05, 0.1) is 5.60 Å². The van der Waals surface area contributed by atoms with Crippen molar-refractivity contribution in [3.05, 3.63) is 58.2 Å². The molecule has 0 amide bonds. The number of aliphatic hydroxyl groups excluding tert-OH is 1. The predicted molar refractivity (Wildman–Crippen MR) is 124 cm³/mol. The van der Waals surface area contributed by atoms with Crippen LogP contribution in [0.5, 0.6) is 0 Å². The Morgan fingerprint density at radius 2 is 1.94 bits per heavy atom. The second-order valence-corrected chi connectivity index (χ2v) is 10.7. The van der Waals surface area contributed by atoms with E-state index in [0.29, 0.717) is 17.9 Å². The lowest BCUT2D eigenvalue weighted by molar-refractivity contribution is -0.119. The quantitative estimate of drug-likeness (QED) is 0.641. The molecular formula is C28H33FO4. The third-order valence-corrected chi connectivity index (χ3v) is 9.47. The summed E-state index contributed by atoms with van der Waals surface area (Å²) in [4.78, 5) is 24.0. The molecule has 33 heavy (non-hydrogen) atoms. The van der Waals surface area contributed by atoms with Crippen molar-refractivity contribution in [2.75, 3.05) is 6.61 Å². The summed E-state index contributed by atoms with van der Waals surface area (Å²) in [7, 11) is 0. The average Bonchev–Trinajstić information content (AvgIpc) is 3.09. The molecule has 0 aliphatic heterocycles. The zero-order valence-electron chi connectivity index (χ0n) is 19.4. The number of allylic oxidation sites excluding steroid dienone is 4. The lowest BCUT2D eigenvalue weighted by Gasteiger charge is -2.55. The first-order valence-corrected chi connectivity index (χ1v) is 12.3. The van der Waals surface area contributed by atoms with Crippen LogP contribution in [0.4, 0.5) is 4.39 Å². The molecule has 0 bridgehead atoms. The van der Waals surface area contributed by atoms with Crippen molar-refractivity contribution in [3.63, 3.8) is 0 Å². The Hall–Kier alpha value is -2.11.